The first-order valence-electron chi connectivity index (χ1n) is 6.55. The van der Waals surface area contributed by atoms with E-state index in [9.17, 15) is 0 Å². The molecule has 0 aromatic heterocycles. The molecule has 0 unspecified atom stereocenters. The molecule has 0 spiro atoms. The number of rotatable bonds is 4. The van der Waals surface area contributed by atoms with Crippen LogP contribution in [0.15, 0.2) is 12.1 Å². The van der Waals surface area contributed by atoms with Crippen molar-refractivity contribution in [2.75, 3.05) is 52.4 Å². The van der Waals surface area contributed by atoms with Crippen molar-refractivity contribution in [3.63, 3.8) is 0 Å². The van der Waals surface area contributed by atoms with Gasteiger partial charge in [-0.3, -0.25) is 0 Å². The van der Waals surface area contributed by atoms with Gasteiger partial charge in [-0.25, -0.2) is 0 Å². The summed E-state index contributed by atoms with van der Waals surface area (Å²) in [5.41, 5.74) is 1.01. The van der Waals surface area contributed by atoms with Crippen LogP contribution in [-0.4, -0.2) is 47.5 Å². The van der Waals surface area contributed by atoms with E-state index in [1.165, 1.54) is 0 Å². The van der Waals surface area contributed by atoms with Crippen molar-refractivity contribution >= 4 is 5.69 Å². The highest BCUT2D eigenvalue weighted by Crippen LogP contribution is 2.41. The maximum atomic E-state index is 5.50. The minimum Gasteiger partial charge on any atom is -0.496 e. The Kier molecular flexibility index (Phi) is 4.74. The van der Waals surface area contributed by atoms with Crippen LogP contribution in [0.5, 0.6) is 17.2 Å². The highest BCUT2D eigenvalue weighted by Gasteiger charge is 2.20. The molecule has 1 aliphatic rings. The van der Waals surface area contributed by atoms with Crippen molar-refractivity contribution in [2.24, 2.45) is 0 Å². The molecular weight excluding hydrogens is 244 g/mol. The van der Waals surface area contributed by atoms with Gasteiger partial charge < -0.3 is 24.4 Å². The van der Waals surface area contributed by atoms with Gasteiger partial charge in [0.1, 0.15) is 22.9 Å². The van der Waals surface area contributed by atoms with Crippen LogP contribution >= 0.6 is 0 Å². The normalized spacial score (nSPS) is 15.8. The van der Waals surface area contributed by atoms with Gasteiger partial charge in [0.25, 0.3) is 0 Å². The van der Waals surface area contributed by atoms with E-state index in [-0.39, 0.29) is 0 Å². The van der Waals surface area contributed by atoms with Crippen molar-refractivity contribution in [1.29, 1.82) is 0 Å². The third-order valence-corrected chi connectivity index (χ3v) is 3.35. The number of anilines is 1. The molecule has 1 aliphatic heterocycles. The molecular formula is C14H22N2O3. The SMILES string of the molecule is COc1cc(OC)c(N2CCCNCC2)c(OC)c1. The van der Waals surface area contributed by atoms with Crippen LogP contribution in [0.4, 0.5) is 5.69 Å². The van der Waals surface area contributed by atoms with E-state index < -0.39 is 0 Å². The monoisotopic (exact) mass is 266 g/mol. The number of nitrogens with one attached hydrogen (secondary N) is 1. The molecule has 1 aromatic carbocycles. The highest BCUT2D eigenvalue weighted by molar-refractivity contribution is 5.70. The lowest BCUT2D eigenvalue weighted by Gasteiger charge is -2.26. The smallest absolute Gasteiger partial charge is 0.149 e. The van der Waals surface area contributed by atoms with Gasteiger partial charge in [0.15, 0.2) is 0 Å². The summed E-state index contributed by atoms with van der Waals surface area (Å²) < 4.78 is 16.3. The molecule has 19 heavy (non-hydrogen) atoms. The Balaban J connectivity index is 2.40. The fraction of sp³-hybridized carbons (Fsp3) is 0.571. The zero-order chi connectivity index (χ0) is 13.7. The Morgan fingerprint density at radius 1 is 0.947 bits per heavy atom. The van der Waals surface area contributed by atoms with Crippen LogP contribution in [0.2, 0.25) is 0 Å². The molecule has 1 heterocycles. The zero-order valence-corrected chi connectivity index (χ0v) is 11.9. The van der Waals surface area contributed by atoms with Gasteiger partial charge in [0.2, 0.25) is 0 Å². The van der Waals surface area contributed by atoms with E-state index >= 15 is 0 Å². The molecule has 5 nitrogen and oxygen atoms in total. The van der Waals surface area contributed by atoms with Gasteiger partial charge >= 0.3 is 0 Å². The maximum Gasteiger partial charge on any atom is 0.149 e. The fourth-order valence-corrected chi connectivity index (χ4v) is 2.37. The van der Waals surface area contributed by atoms with Crippen LogP contribution < -0.4 is 24.4 Å². The van der Waals surface area contributed by atoms with E-state index in [0.29, 0.717) is 0 Å². The summed E-state index contributed by atoms with van der Waals surface area (Å²) in [6.45, 7) is 3.96. The van der Waals surface area contributed by atoms with Crippen molar-refractivity contribution in [1.82, 2.24) is 5.32 Å². The van der Waals surface area contributed by atoms with Crippen LogP contribution in [-0.2, 0) is 0 Å². The largest absolute Gasteiger partial charge is 0.496 e. The Morgan fingerprint density at radius 3 is 2.21 bits per heavy atom. The average Bonchev–Trinajstić information content (AvgIpc) is 2.74. The van der Waals surface area contributed by atoms with Crippen molar-refractivity contribution < 1.29 is 14.2 Å². The second-order valence-electron chi connectivity index (χ2n) is 4.47. The Labute approximate surface area is 114 Å². The van der Waals surface area contributed by atoms with Gasteiger partial charge in [-0.1, -0.05) is 0 Å². The quantitative estimate of drug-likeness (QED) is 0.895. The number of methoxy groups -OCH3 is 3. The van der Waals surface area contributed by atoms with Crippen LogP contribution in [0.3, 0.4) is 0 Å². The molecule has 0 saturated carbocycles. The number of hydrogen-bond acceptors (Lipinski definition) is 5. The topological polar surface area (TPSA) is 43.0 Å². The molecule has 1 fully saturated rings. The molecule has 0 atom stereocenters. The molecule has 0 radical (unpaired) electrons. The lowest BCUT2D eigenvalue weighted by molar-refractivity contribution is 0.375. The summed E-state index contributed by atoms with van der Waals surface area (Å²) in [6, 6.07) is 3.80. The predicted octanol–water partition coefficient (Wildman–Crippen LogP) is 1.51. The van der Waals surface area contributed by atoms with Gasteiger partial charge in [-0.2, -0.15) is 0 Å². The van der Waals surface area contributed by atoms with Crippen LogP contribution in [0, 0.1) is 0 Å². The Hall–Kier alpha value is -1.62. The Bertz CT molecular complexity index is 390. The molecule has 0 amide bonds. The third-order valence-electron chi connectivity index (χ3n) is 3.35. The standard InChI is InChI=1S/C14H22N2O3/c1-17-11-9-12(18-2)14(13(10-11)19-3)16-7-4-5-15-6-8-16/h9-10,15H,4-8H2,1-3H3. The van der Waals surface area contributed by atoms with E-state index in [2.05, 4.69) is 10.2 Å². The van der Waals surface area contributed by atoms with Gasteiger partial charge in [0.05, 0.1) is 21.3 Å². The van der Waals surface area contributed by atoms with E-state index in [4.69, 9.17) is 14.2 Å². The minimum atomic E-state index is 0.741. The van der Waals surface area contributed by atoms with Crippen molar-refractivity contribution in [3.05, 3.63) is 12.1 Å². The second kappa shape index (κ2) is 6.52. The molecule has 0 aliphatic carbocycles. The minimum absolute atomic E-state index is 0.741. The number of nitrogens with zero attached hydrogens (tertiary/aromatic N) is 1. The molecule has 1 aromatic rings. The fourth-order valence-electron chi connectivity index (χ4n) is 2.37. The zero-order valence-electron chi connectivity index (χ0n) is 11.9. The van der Waals surface area contributed by atoms with E-state index in [1.54, 1.807) is 21.3 Å². The first kappa shape index (κ1) is 13.8. The number of hydrogen-bond donors (Lipinski definition) is 1. The first-order valence-corrected chi connectivity index (χ1v) is 6.55. The summed E-state index contributed by atoms with van der Waals surface area (Å²) in [4.78, 5) is 2.30. The number of benzene rings is 1. The molecule has 5 heteroatoms. The van der Waals surface area contributed by atoms with Gasteiger partial charge in [-0.05, 0) is 13.0 Å². The summed E-state index contributed by atoms with van der Waals surface area (Å²) in [5, 5.41) is 3.40. The Morgan fingerprint density at radius 2 is 1.63 bits per heavy atom. The average molecular weight is 266 g/mol. The van der Waals surface area contributed by atoms with Gasteiger partial charge in [-0.15, -0.1) is 0 Å². The maximum absolute atomic E-state index is 5.50. The predicted molar refractivity (Wildman–Crippen MR) is 75.8 cm³/mol. The van der Waals surface area contributed by atoms with E-state index in [0.717, 1.165) is 55.5 Å². The van der Waals surface area contributed by atoms with E-state index in [1.807, 2.05) is 12.1 Å². The third kappa shape index (κ3) is 3.04. The van der Waals surface area contributed by atoms with Crippen molar-refractivity contribution in [2.45, 2.75) is 6.42 Å². The summed E-state index contributed by atoms with van der Waals surface area (Å²) in [7, 11) is 4.99. The lowest BCUT2D eigenvalue weighted by atomic mass is 10.2. The summed E-state index contributed by atoms with van der Waals surface area (Å²) >= 11 is 0. The molecule has 106 valence electrons. The van der Waals surface area contributed by atoms with Crippen LogP contribution in [0.25, 0.3) is 0 Å². The second-order valence-corrected chi connectivity index (χ2v) is 4.47. The summed E-state index contributed by atoms with van der Waals surface area (Å²) in [6.07, 6.45) is 1.11. The van der Waals surface area contributed by atoms with Crippen LogP contribution in [0.1, 0.15) is 6.42 Å². The first-order chi connectivity index (χ1) is 9.30. The molecule has 0 bridgehead atoms. The highest BCUT2D eigenvalue weighted by atomic mass is 16.5. The summed E-state index contributed by atoms with van der Waals surface area (Å²) in [5.74, 6) is 2.32. The molecule has 2 rings (SSSR count). The lowest BCUT2D eigenvalue weighted by Crippen LogP contribution is -2.28. The van der Waals surface area contributed by atoms with Crippen molar-refractivity contribution in [3.8, 4) is 17.2 Å². The number of ether oxygens (including phenoxy) is 3. The molecule has 1 N–H and O–H groups in total. The molecule has 1 saturated heterocycles. The van der Waals surface area contributed by atoms with Gasteiger partial charge in [0, 0.05) is 31.8 Å².